The SMILES string of the molecule is C=CC(=O)N1CC(n2nc(C#Cc3cc4nc(C)n(C5CC5)c4cc3F)c(C(N)=O)c2NC)C[C@@H]1COC. The number of hydrogen-bond donors (Lipinski definition) is 2. The summed E-state index contributed by atoms with van der Waals surface area (Å²) in [4.78, 5) is 31.1. The Bertz CT molecular complexity index is 1510. The minimum Gasteiger partial charge on any atom is -0.383 e. The van der Waals surface area contributed by atoms with Gasteiger partial charge < -0.3 is 25.3 Å². The maximum Gasteiger partial charge on any atom is 0.255 e. The second-order valence-electron chi connectivity index (χ2n) is 9.66. The number of fused-ring (bicyclic) bond motifs is 1. The van der Waals surface area contributed by atoms with Crippen molar-refractivity contribution in [1.29, 1.82) is 0 Å². The number of hydrogen-bond acceptors (Lipinski definition) is 6. The highest BCUT2D eigenvalue weighted by Crippen LogP contribution is 2.39. The number of halogens is 1. The first-order valence-electron chi connectivity index (χ1n) is 12.5. The molecule has 0 spiro atoms. The zero-order valence-corrected chi connectivity index (χ0v) is 21.6. The Morgan fingerprint density at radius 3 is 2.71 bits per heavy atom. The second kappa shape index (κ2) is 9.95. The molecule has 1 saturated carbocycles. The van der Waals surface area contributed by atoms with Gasteiger partial charge in [0.1, 0.15) is 23.0 Å². The summed E-state index contributed by atoms with van der Waals surface area (Å²) in [7, 11) is 3.22. The van der Waals surface area contributed by atoms with Crippen LogP contribution in [-0.4, -0.2) is 69.4 Å². The van der Waals surface area contributed by atoms with Crippen molar-refractivity contribution in [2.45, 2.75) is 44.3 Å². The Balaban J connectivity index is 1.53. The highest BCUT2D eigenvalue weighted by atomic mass is 19.1. The molecule has 11 heteroatoms. The number of nitrogens with zero attached hydrogens (tertiary/aromatic N) is 5. The third-order valence-corrected chi connectivity index (χ3v) is 7.13. The van der Waals surface area contributed by atoms with Crippen LogP contribution in [0, 0.1) is 24.6 Å². The fourth-order valence-corrected chi connectivity index (χ4v) is 5.32. The molecule has 1 aromatic carbocycles. The summed E-state index contributed by atoms with van der Waals surface area (Å²) >= 11 is 0. The van der Waals surface area contributed by atoms with Crippen LogP contribution in [0.15, 0.2) is 24.8 Å². The van der Waals surface area contributed by atoms with E-state index >= 15 is 4.39 Å². The summed E-state index contributed by atoms with van der Waals surface area (Å²) in [6, 6.07) is 3.00. The van der Waals surface area contributed by atoms with Gasteiger partial charge in [-0.25, -0.2) is 14.1 Å². The number of likely N-dealkylation sites (tertiary alicyclic amines) is 1. The van der Waals surface area contributed by atoms with E-state index in [0.29, 0.717) is 36.9 Å². The molecule has 2 fully saturated rings. The van der Waals surface area contributed by atoms with Crippen molar-refractivity contribution in [3.05, 3.63) is 53.3 Å². The third kappa shape index (κ3) is 4.41. The van der Waals surface area contributed by atoms with E-state index in [-0.39, 0.29) is 34.8 Å². The van der Waals surface area contributed by atoms with Gasteiger partial charge in [-0.1, -0.05) is 12.5 Å². The lowest BCUT2D eigenvalue weighted by molar-refractivity contribution is -0.127. The molecule has 0 radical (unpaired) electrons. The molecule has 1 aliphatic carbocycles. The molecule has 0 bridgehead atoms. The van der Waals surface area contributed by atoms with E-state index < -0.39 is 11.7 Å². The maximum atomic E-state index is 15.1. The Labute approximate surface area is 219 Å². The molecule has 2 atom stereocenters. The number of carbonyl (C=O) groups is 2. The number of carbonyl (C=O) groups excluding carboxylic acids is 2. The van der Waals surface area contributed by atoms with Crippen molar-refractivity contribution in [2.75, 3.05) is 32.6 Å². The molecule has 198 valence electrons. The quantitative estimate of drug-likeness (QED) is 0.366. The summed E-state index contributed by atoms with van der Waals surface area (Å²) in [6.45, 7) is 6.19. The van der Waals surface area contributed by atoms with Gasteiger partial charge in [-0.3, -0.25) is 9.59 Å². The Morgan fingerprint density at radius 1 is 1.32 bits per heavy atom. The van der Waals surface area contributed by atoms with Gasteiger partial charge >= 0.3 is 0 Å². The fraction of sp³-hybridized carbons (Fsp3) is 0.407. The molecule has 1 unspecified atom stereocenters. The zero-order valence-electron chi connectivity index (χ0n) is 21.6. The van der Waals surface area contributed by atoms with Gasteiger partial charge in [-0.2, -0.15) is 5.10 Å². The smallest absolute Gasteiger partial charge is 0.255 e. The van der Waals surface area contributed by atoms with Gasteiger partial charge in [0, 0.05) is 32.8 Å². The number of nitrogens with one attached hydrogen (secondary N) is 1. The average molecular weight is 520 g/mol. The third-order valence-electron chi connectivity index (χ3n) is 7.13. The second-order valence-corrected chi connectivity index (χ2v) is 9.66. The molecule has 5 rings (SSSR count). The molecule has 1 aliphatic heterocycles. The van der Waals surface area contributed by atoms with Crippen LogP contribution >= 0.6 is 0 Å². The van der Waals surface area contributed by atoms with Crippen LogP contribution in [0.1, 0.15) is 58.8 Å². The van der Waals surface area contributed by atoms with Crippen molar-refractivity contribution in [3.8, 4) is 11.8 Å². The van der Waals surface area contributed by atoms with Crippen LogP contribution in [-0.2, 0) is 9.53 Å². The molecule has 10 nitrogen and oxygen atoms in total. The topological polar surface area (TPSA) is 120 Å². The fourth-order valence-electron chi connectivity index (χ4n) is 5.32. The minimum atomic E-state index is -0.718. The first kappa shape index (κ1) is 25.5. The number of imidazole rings is 1. The van der Waals surface area contributed by atoms with Crippen LogP contribution in [0.25, 0.3) is 11.0 Å². The summed E-state index contributed by atoms with van der Waals surface area (Å²) in [6.07, 6.45) is 3.94. The normalized spacial score (nSPS) is 18.9. The number of rotatable bonds is 7. The number of methoxy groups -OCH3 is 1. The summed E-state index contributed by atoms with van der Waals surface area (Å²) < 4.78 is 24.1. The highest BCUT2D eigenvalue weighted by Gasteiger charge is 2.38. The van der Waals surface area contributed by atoms with Gasteiger partial charge in [0.2, 0.25) is 5.91 Å². The number of benzene rings is 1. The van der Waals surface area contributed by atoms with E-state index in [1.807, 2.05) is 6.92 Å². The van der Waals surface area contributed by atoms with Crippen LogP contribution in [0.4, 0.5) is 10.2 Å². The highest BCUT2D eigenvalue weighted by molar-refractivity contribution is 6.00. The summed E-state index contributed by atoms with van der Waals surface area (Å²) in [5.41, 5.74) is 7.51. The Kier molecular flexibility index (Phi) is 6.67. The van der Waals surface area contributed by atoms with E-state index in [9.17, 15) is 9.59 Å². The molecule has 3 heterocycles. The van der Waals surface area contributed by atoms with E-state index in [1.54, 1.807) is 29.8 Å². The molecular formula is C27H30FN7O3. The van der Waals surface area contributed by atoms with E-state index in [2.05, 4.69) is 38.4 Å². The standard InChI is InChI=1S/C27H30FN7O3/c1-5-24(36)33-13-18(11-19(33)14-38-4)35-27(30-3)25(26(29)37)21(32-35)9-6-16-10-22-23(12-20(16)28)34(15(2)31-22)17-7-8-17/h5,10,12,17-19,30H,1,7-8,11,13-14H2,2-4H3,(H2,29,37)/t18?,19-/m1/s1. The molecule has 2 aromatic heterocycles. The molecule has 2 aliphatic rings. The first-order valence-corrected chi connectivity index (χ1v) is 12.5. The number of aromatic nitrogens is 4. The number of primary amides is 1. The number of nitrogens with two attached hydrogens (primary N) is 1. The van der Waals surface area contributed by atoms with Crippen LogP contribution in [0.2, 0.25) is 0 Å². The average Bonchev–Trinajstić information content (AvgIpc) is 3.38. The molecule has 1 saturated heterocycles. The maximum absolute atomic E-state index is 15.1. The molecular weight excluding hydrogens is 489 g/mol. The van der Waals surface area contributed by atoms with Crippen molar-refractivity contribution in [2.24, 2.45) is 5.73 Å². The number of anilines is 1. The van der Waals surface area contributed by atoms with Crippen LogP contribution in [0.5, 0.6) is 0 Å². The number of amides is 2. The molecule has 3 aromatic rings. The molecule has 38 heavy (non-hydrogen) atoms. The summed E-state index contributed by atoms with van der Waals surface area (Å²) in [5.74, 6) is 5.50. The Morgan fingerprint density at radius 2 is 2.08 bits per heavy atom. The van der Waals surface area contributed by atoms with E-state index in [4.69, 9.17) is 10.5 Å². The van der Waals surface area contributed by atoms with Crippen LogP contribution < -0.4 is 11.1 Å². The Hall–Kier alpha value is -4.17. The molecule has 2 amide bonds. The van der Waals surface area contributed by atoms with Gasteiger partial charge in [-0.15, -0.1) is 0 Å². The predicted molar refractivity (Wildman–Crippen MR) is 140 cm³/mol. The number of aryl methyl sites for hydroxylation is 1. The number of ether oxygens (including phenoxy) is 1. The van der Waals surface area contributed by atoms with Crippen LogP contribution in [0.3, 0.4) is 0 Å². The monoisotopic (exact) mass is 519 g/mol. The van der Waals surface area contributed by atoms with E-state index in [0.717, 1.165) is 24.2 Å². The lowest BCUT2D eigenvalue weighted by atomic mass is 10.1. The van der Waals surface area contributed by atoms with Crippen molar-refractivity contribution in [1.82, 2.24) is 24.2 Å². The largest absolute Gasteiger partial charge is 0.383 e. The van der Waals surface area contributed by atoms with Gasteiger partial charge in [-0.05, 0) is 44.2 Å². The summed E-state index contributed by atoms with van der Waals surface area (Å²) in [5, 5.41) is 7.59. The van der Waals surface area contributed by atoms with Gasteiger partial charge in [0.05, 0.1) is 35.3 Å². The van der Waals surface area contributed by atoms with Crippen molar-refractivity contribution in [3.63, 3.8) is 0 Å². The van der Waals surface area contributed by atoms with E-state index in [1.165, 1.54) is 12.1 Å². The minimum absolute atomic E-state index is 0.104. The van der Waals surface area contributed by atoms with Crippen molar-refractivity contribution >= 4 is 28.7 Å². The van der Waals surface area contributed by atoms with Gasteiger partial charge in [0.25, 0.3) is 5.91 Å². The first-order chi connectivity index (χ1) is 18.3. The predicted octanol–water partition coefficient (Wildman–Crippen LogP) is 2.53. The van der Waals surface area contributed by atoms with Gasteiger partial charge in [0.15, 0.2) is 5.69 Å². The van der Waals surface area contributed by atoms with Crippen molar-refractivity contribution < 1.29 is 18.7 Å². The molecule has 3 N–H and O–H groups in total. The lowest BCUT2D eigenvalue weighted by Crippen LogP contribution is -2.37. The lowest BCUT2D eigenvalue weighted by Gasteiger charge is -2.22. The zero-order chi connectivity index (χ0) is 27.1.